The molecule has 1 saturated heterocycles. The Balaban J connectivity index is 2.20. The monoisotopic (exact) mass is 347 g/mol. The lowest BCUT2D eigenvalue weighted by molar-refractivity contribution is 0.00578. The Kier molecular flexibility index (Phi) is 5.27. The van der Waals surface area contributed by atoms with Gasteiger partial charge in [-0.1, -0.05) is 24.3 Å². The lowest BCUT2D eigenvalue weighted by Crippen LogP contribution is -2.41. The molecule has 0 spiro atoms. The van der Waals surface area contributed by atoms with Crippen molar-refractivity contribution in [3.8, 4) is 0 Å². The Bertz CT molecular complexity index is 621. The summed E-state index contributed by atoms with van der Waals surface area (Å²) in [4.78, 5) is 12.1. The molecule has 138 valence electrons. The average molecular weight is 347 g/mol. The lowest BCUT2D eigenvalue weighted by atomic mass is 9.74. The van der Waals surface area contributed by atoms with Crippen molar-refractivity contribution in [3.63, 3.8) is 0 Å². The first-order valence-electron chi connectivity index (χ1n) is 8.76. The van der Waals surface area contributed by atoms with Crippen LogP contribution in [-0.2, 0) is 14.0 Å². The Morgan fingerprint density at radius 1 is 1.12 bits per heavy atom. The van der Waals surface area contributed by atoms with Crippen molar-refractivity contribution in [2.75, 3.05) is 0 Å². The van der Waals surface area contributed by atoms with E-state index in [9.17, 15) is 4.79 Å². The maximum absolute atomic E-state index is 12.1. The SMILES string of the molecule is C[C@H](NC(=O)OC(C)(C)C)c1ccccc1B1OC(C)(C)C(C)(C)O1. The summed E-state index contributed by atoms with van der Waals surface area (Å²) in [5.74, 6) is 0. The van der Waals surface area contributed by atoms with Crippen molar-refractivity contribution in [2.24, 2.45) is 0 Å². The summed E-state index contributed by atoms with van der Waals surface area (Å²) in [6.45, 7) is 15.6. The topological polar surface area (TPSA) is 56.8 Å². The van der Waals surface area contributed by atoms with Crippen LogP contribution in [0.25, 0.3) is 0 Å². The Labute approximate surface area is 151 Å². The predicted octanol–water partition coefficient (Wildman–Crippen LogP) is 3.57. The molecule has 0 saturated carbocycles. The molecule has 0 bridgehead atoms. The van der Waals surface area contributed by atoms with Gasteiger partial charge in [0.1, 0.15) is 5.60 Å². The summed E-state index contributed by atoms with van der Waals surface area (Å²) in [5, 5.41) is 2.89. The molecule has 0 aliphatic carbocycles. The summed E-state index contributed by atoms with van der Waals surface area (Å²) < 4.78 is 17.7. The molecule has 2 rings (SSSR count). The van der Waals surface area contributed by atoms with E-state index in [1.54, 1.807) is 0 Å². The van der Waals surface area contributed by atoms with E-state index in [0.29, 0.717) is 0 Å². The first-order valence-corrected chi connectivity index (χ1v) is 8.76. The number of nitrogens with one attached hydrogen (secondary N) is 1. The Morgan fingerprint density at radius 3 is 2.16 bits per heavy atom. The number of hydrogen-bond donors (Lipinski definition) is 1. The fraction of sp³-hybridized carbons (Fsp3) is 0.632. The number of carbonyl (C=O) groups is 1. The highest BCUT2D eigenvalue weighted by molar-refractivity contribution is 6.62. The van der Waals surface area contributed by atoms with Crippen molar-refractivity contribution in [1.82, 2.24) is 5.32 Å². The number of hydrogen-bond acceptors (Lipinski definition) is 4. The number of ether oxygens (including phenoxy) is 1. The number of alkyl carbamates (subject to hydrolysis) is 1. The van der Waals surface area contributed by atoms with E-state index in [4.69, 9.17) is 14.0 Å². The van der Waals surface area contributed by atoms with Gasteiger partial charge in [-0.05, 0) is 66.4 Å². The second-order valence-electron chi connectivity index (χ2n) is 8.59. The molecule has 6 heteroatoms. The van der Waals surface area contributed by atoms with E-state index >= 15 is 0 Å². The highest BCUT2D eigenvalue weighted by atomic mass is 16.7. The van der Waals surface area contributed by atoms with Crippen LogP contribution < -0.4 is 10.8 Å². The molecule has 0 aromatic heterocycles. The number of benzene rings is 1. The Morgan fingerprint density at radius 2 is 1.64 bits per heavy atom. The molecular weight excluding hydrogens is 317 g/mol. The van der Waals surface area contributed by atoms with Gasteiger partial charge in [0.25, 0.3) is 0 Å². The van der Waals surface area contributed by atoms with Gasteiger partial charge in [-0.2, -0.15) is 0 Å². The summed E-state index contributed by atoms with van der Waals surface area (Å²) in [7, 11) is -0.468. The zero-order valence-electron chi connectivity index (χ0n) is 16.6. The zero-order valence-corrected chi connectivity index (χ0v) is 16.6. The molecule has 0 radical (unpaired) electrons. The summed E-state index contributed by atoms with van der Waals surface area (Å²) in [5.41, 5.74) is 0.519. The third kappa shape index (κ3) is 4.56. The standard InChI is InChI=1S/C19H30BNO4/c1-13(21-16(22)23-17(2,3)4)14-11-9-10-12-15(14)20-24-18(5,6)19(7,8)25-20/h9-13H,1-8H3,(H,21,22)/t13-/m0/s1. The van der Waals surface area contributed by atoms with E-state index in [-0.39, 0.29) is 6.04 Å². The van der Waals surface area contributed by atoms with Crippen LogP contribution in [0.4, 0.5) is 4.79 Å². The van der Waals surface area contributed by atoms with Crippen molar-refractivity contribution < 1.29 is 18.8 Å². The number of carbonyl (C=O) groups excluding carboxylic acids is 1. The summed E-state index contributed by atoms with van der Waals surface area (Å²) in [6.07, 6.45) is -0.441. The van der Waals surface area contributed by atoms with Crippen LogP contribution >= 0.6 is 0 Å². The second-order valence-corrected chi connectivity index (χ2v) is 8.59. The minimum absolute atomic E-state index is 0.231. The van der Waals surface area contributed by atoms with Crippen molar-refractivity contribution in [3.05, 3.63) is 29.8 Å². The predicted molar refractivity (Wildman–Crippen MR) is 99.9 cm³/mol. The van der Waals surface area contributed by atoms with E-state index in [2.05, 4.69) is 5.32 Å². The number of amides is 1. The fourth-order valence-electron chi connectivity index (χ4n) is 2.65. The smallest absolute Gasteiger partial charge is 0.444 e. The van der Waals surface area contributed by atoms with Gasteiger partial charge in [-0.25, -0.2) is 4.79 Å². The van der Waals surface area contributed by atoms with Crippen LogP contribution in [-0.4, -0.2) is 30.0 Å². The summed E-state index contributed by atoms with van der Waals surface area (Å²) >= 11 is 0. The van der Waals surface area contributed by atoms with Gasteiger partial charge < -0.3 is 19.4 Å². The lowest BCUT2D eigenvalue weighted by Gasteiger charge is -2.32. The van der Waals surface area contributed by atoms with Crippen molar-refractivity contribution >= 4 is 18.7 Å². The van der Waals surface area contributed by atoms with Crippen molar-refractivity contribution in [1.29, 1.82) is 0 Å². The minimum atomic E-state index is -0.533. The van der Waals surface area contributed by atoms with Crippen LogP contribution in [0.2, 0.25) is 0 Å². The molecule has 1 heterocycles. The first kappa shape index (κ1) is 19.8. The van der Waals surface area contributed by atoms with Crippen LogP contribution in [0.1, 0.15) is 67.0 Å². The van der Waals surface area contributed by atoms with Gasteiger partial charge in [0.15, 0.2) is 0 Å². The quantitative estimate of drug-likeness (QED) is 0.850. The van der Waals surface area contributed by atoms with Gasteiger partial charge in [0.05, 0.1) is 17.2 Å². The van der Waals surface area contributed by atoms with Crippen LogP contribution in [0.15, 0.2) is 24.3 Å². The van der Waals surface area contributed by atoms with E-state index in [1.807, 2.05) is 79.7 Å². The highest BCUT2D eigenvalue weighted by Crippen LogP contribution is 2.37. The molecule has 1 aromatic carbocycles. The van der Waals surface area contributed by atoms with Crippen molar-refractivity contribution in [2.45, 2.75) is 78.2 Å². The van der Waals surface area contributed by atoms with Gasteiger partial charge in [0.2, 0.25) is 0 Å². The molecule has 1 aromatic rings. The molecular formula is C19H30BNO4. The molecule has 1 atom stereocenters. The largest absolute Gasteiger partial charge is 0.495 e. The molecule has 1 N–H and O–H groups in total. The van der Waals surface area contributed by atoms with Crippen LogP contribution in [0.3, 0.4) is 0 Å². The van der Waals surface area contributed by atoms with Crippen LogP contribution in [0, 0.1) is 0 Å². The van der Waals surface area contributed by atoms with E-state index in [0.717, 1.165) is 11.0 Å². The molecule has 1 aliphatic rings. The normalized spacial score (nSPS) is 20.2. The van der Waals surface area contributed by atoms with E-state index in [1.165, 1.54) is 0 Å². The molecule has 1 fully saturated rings. The highest BCUT2D eigenvalue weighted by Gasteiger charge is 2.52. The maximum atomic E-state index is 12.1. The zero-order chi connectivity index (χ0) is 19.0. The maximum Gasteiger partial charge on any atom is 0.495 e. The molecule has 1 aliphatic heterocycles. The second kappa shape index (κ2) is 6.65. The summed E-state index contributed by atoms with van der Waals surface area (Å²) in [6, 6.07) is 7.61. The van der Waals surface area contributed by atoms with E-state index < -0.39 is 30.0 Å². The fourth-order valence-corrected chi connectivity index (χ4v) is 2.65. The van der Waals surface area contributed by atoms with Gasteiger partial charge in [-0.3, -0.25) is 0 Å². The molecule has 1 amide bonds. The molecule has 5 nitrogen and oxygen atoms in total. The minimum Gasteiger partial charge on any atom is -0.444 e. The first-order chi connectivity index (χ1) is 11.3. The van der Waals surface area contributed by atoms with Gasteiger partial charge >= 0.3 is 13.2 Å². The van der Waals surface area contributed by atoms with Crippen LogP contribution in [0.5, 0.6) is 0 Å². The third-order valence-corrected chi connectivity index (χ3v) is 4.70. The Hall–Kier alpha value is -1.53. The molecule has 25 heavy (non-hydrogen) atoms. The third-order valence-electron chi connectivity index (χ3n) is 4.70. The average Bonchev–Trinajstić information content (AvgIpc) is 2.65. The van der Waals surface area contributed by atoms with Gasteiger partial charge in [-0.15, -0.1) is 0 Å². The molecule has 0 unspecified atom stereocenters. The number of rotatable bonds is 3. The van der Waals surface area contributed by atoms with Gasteiger partial charge in [0, 0.05) is 0 Å².